The fraction of sp³-hybridized carbons (Fsp3) is 0.167. The maximum absolute atomic E-state index is 6.42. The molecule has 4 rings (SSSR count). The molecule has 1 aromatic heterocycles. The molecule has 0 fully saturated rings. The maximum atomic E-state index is 6.42. The fourth-order valence-electron chi connectivity index (χ4n) is 3.09. The van der Waals surface area contributed by atoms with Gasteiger partial charge in [-0.2, -0.15) is 5.10 Å². The molecule has 3 aromatic rings. The first-order chi connectivity index (χ1) is 12.1. The van der Waals surface area contributed by atoms with Crippen LogP contribution in [-0.4, -0.2) is 23.4 Å². The van der Waals surface area contributed by atoms with Crippen molar-refractivity contribution in [3.05, 3.63) is 56.5 Å². The van der Waals surface area contributed by atoms with E-state index in [9.17, 15) is 0 Å². The molecule has 0 unspecified atom stereocenters. The maximum Gasteiger partial charge on any atom is 0.133 e. The van der Waals surface area contributed by atoms with E-state index in [0.29, 0.717) is 10.0 Å². The lowest BCUT2D eigenvalue weighted by Crippen LogP contribution is -2.05. The van der Waals surface area contributed by atoms with Gasteiger partial charge in [0.1, 0.15) is 17.3 Å². The van der Waals surface area contributed by atoms with Crippen LogP contribution in [-0.2, 0) is 6.42 Å². The fourth-order valence-corrected chi connectivity index (χ4v) is 3.82. The van der Waals surface area contributed by atoms with Gasteiger partial charge < -0.3 is 10.1 Å². The van der Waals surface area contributed by atoms with E-state index in [4.69, 9.17) is 33.0 Å². The minimum atomic E-state index is 0.482. The molecule has 1 aliphatic heterocycles. The van der Waals surface area contributed by atoms with Gasteiger partial charge in [-0.1, -0.05) is 45.2 Å². The van der Waals surface area contributed by atoms with E-state index in [1.807, 2.05) is 35.0 Å². The van der Waals surface area contributed by atoms with Crippen molar-refractivity contribution >= 4 is 44.9 Å². The van der Waals surface area contributed by atoms with Crippen LogP contribution < -0.4 is 10.1 Å². The van der Waals surface area contributed by atoms with Gasteiger partial charge in [0.05, 0.1) is 22.8 Å². The van der Waals surface area contributed by atoms with Crippen molar-refractivity contribution in [1.82, 2.24) is 9.78 Å². The number of methoxy groups -OCH3 is 1. The summed E-state index contributed by atoms with van der Waals surface area (Å²) in [5.74, 6) is 1.72. The molecule has 0 saturated carbocycles. The minimum Gasteiger partial charge on any atom is -0.496 e. The number of hydrogen-bond acceptors (Lipinski definition) is 3. The number of benzene rings is 2. The van der Waals surface area contributed by atoms with Crippen LogP contribution in [0.25, 0.3) is 16.9 Å². The second-order valence-corrected chi connectivity index (χ2v) is 7.38. The van der Waals surface area contributed by atoms with E-state index in [-0.39, 0.29) is 0 Å². The highest BCUT2D eigenvalue weighted by Crippen LogP contribution is 2.41. The number of aromatic nitrogens is 2. The topological polar surface area (TPSA) is 39.1 Å². The third-order valence-corrected chi connectivity index (χ3v) is 5.53. The zero-order valence-electron chi connectivity index (χ0n) is 13.3. The third-order valence-electron chi connectivity index (χ3n) is 4.23. The van der Waals surface area contributed by atoms with E-state index in [2.05, 4.69) is 21.2 Å². The quantitative estimate of drug-likeness (QED) is 0.579. The second-order valence-electron chi connectivity index (χ2n) is 5.68. The lowest BCUT2D eigenvalue weighted by atomic mass is 10.1. The number of halogens is 3. The van der Waals surface area contributed by atoms with E-state index >= 15 is 0 Å². The molecule has 0 atom stereocenters. The molecule has 1 N–H and O–H groups in total. The van der Waals surface area contributed by atoms with E-state index < -0.39 is 0 Å². The molecule has 2 aromatic carbocycles. The molecular formula is C18H14BrCl2N3O. The molecule has 7 heteroatoms. The van der Waals surface area contributed by atoms with Crippen LogP contribution in [0.2, 0.25) is 10.0 Å². The highest BCUT2D eigenvalue weighted by Gasteiger charge is 2.26. The summed E-state index contributed by atoms with van der Waals surface area (Å²) < 4.78 is 8.33. The first-order valence-electron chi connectivity index (χ1n) is 7.74. The molecule has 0 bridgehead atoms. The average molecular weight is 439 g/mol. The molecule has 0 saturated heterocycles. The van der Waals surface area contributed by atoms with E-state index in [1.54, 1.807) is 13.2 Å². The Hall–Kier alpha value is -1.69. The molecule has 0 radical (unpaired) electrons. The summed E-state index contributed by atoms with van der Waals surface area (Å²) in [4.78, 5) is 0. The Morgan fingerprint density at radius 3 is 2.88 bits per heavy atom. The Labute approximate surface area is 163 Å². The van der Waals surface area contributed by atoms with Crippen molar-refractivity contribution in [2.24, 2.45) is 0 Å². The Balaban J connectivity index is 1.96. The highest BCUT2D eigenvalue weighted by atomic mass is 79.9. The molecule has 1 aliphatic rings. The zero-order valence-corrected chi connectivity index (χ0v) is 16.4. The first-order valence-corrected chi connectivity index (χ1v) is 9.29. The van der Waals surface area contributed by atoms with Crippen LogP contribution in [0.15, 0.2) is 40.9 Å². The molecule has 0 aliphatic carbocycles. The van der Waals surface area contributed by atoms with Gasteiger partial charge in [0, 0.05) is 22.1 Å². The van der Waals surface area contributed by atoms with Crippen molar-refractivity contribution < 1.29 is 4.74 Å². The smallest absolute Gasteiger partial charge is 0.133 e. The lowest BCUT2D eigenvalue weighted by Gasteiger charge is -2.10. The van der Waals surface area contributed by atoms with E-state index in [0.717, 1.165) is 51.5 Å². The van der Waals surface area contributed by atoms with Gasteiger partial charge in [0.2, 0.25) is 0 Å². The number of fused-ring (bicyclic) bond motifs is 1. The summed E-state index contributed by atoms with van der Waals surface area (Å²) in [5, 5.41) is 9.22. The second kappa shape index (κ2) is 6.56. The van der Waals surface area contributed by atoms with Crippen LogP contribution >= 0.6 is 39.1 Å². The van der Waals surface area contributed by atoms with Gasteiger partial charge in [-0.05, 0) is 36.8 Å². The third kappa shape index (κ3) is 2.80. The van der Waals surface area contributed by atoms with Gasteiger partial charge in [-0.3, -0.25) is 0 Å². The lowest BCUT2D eigenvalue weighted by molar-refractivity contribution is 0.416. The van der Waals surface area contributed by atoms with Crippen molar-refractivity contribution in [1.29, 1.82) is 0 Å². The van der Waals surface area contributed by atoms with Crippen LogP contribution in [0.5, 0.6) is 5.75 Å². The highest BCUT2D eigenvalue weighted by molar-refractivity contribution is 9.10. The van der Waals surface area contributed by atoms with Crippen LogP contribution in [0.3, 0.4) is 0 Å². The van der Waals surface area contributed by atoms with Gasteiger partial charge >= 0.3 is 0 Å². The minimum absolute atomic E-state index is 0.482. The van der Waals surface area contributed by atoms with Crippen molar-refractivity contribution in [2.75, 3.05) is 19.0 Å². The van der Waals surface area contributed by atoms with Crippen LogP contribution in [0.4, 0.5) is 5.82 Å². The largest absolute Gasteiger partial charge is 0.496 e. The SMILES string of the molecule is COc1ccc(Br)cc1-c1nn(-c2cccc(Cl)c2Cl)c2c1CCN2. The van der Waals surface area contributed by atoms with Crippen molar-refractivity contribution in [2.45, 2.75) is 6.42 Å². The summed E-state index contributed by atoms with van der Waals surface area (Å²) in [6.45, 7) is 0.856. The summed E-state index contributed by atoms with van der Waals surface area (Å²) in [6.07, 6.45) is 0.887. The number of ether oxygens (including phenoxy) is 1. The number of anilines is 1. The monoisotopic (exact) mass is 437 g/mol. The predicted molar refractivity (Wildman–Crippen MR) is 105 cm³/mol. The van der Waals surface area contributed by atoms with Gasteiger partial charge in [-0.25, -0.2) is 4.68 Å². The molecular weight excluding hydrogens is 425 g/mol. The molecule has 25 heavy (non-hydrogen) atoms. The molecule has 2 heterocycles. The summed E-state index contributed by atoms with van der Waals surface area (Å²) in [5.41, 5.74) is 3.72. The summed E-state index contributed by atoms with van der Waals surface area (Å²) in [6, 6.07) is 11.4. The van der Waals surface area contributed by atoms with Crippen LogP contribution in [0.1, 0.15) is 5.56 Å². The molecule has 128 valence electrons. The number of nitrogens with one attached hydrogen (secondary N) is 1. The zero-order chi connectivity index (χ0) is 17.6. The Morgan fingerprint density at radius 2 is 2.08 bits per heavy atom. The number of nitrogens with zero attached hydrogens (tertiary/aromatic N) is 2. The molecule has 0 amide bonds. The first kappa shape index (κ1) is 16.8. The van der Waals surface area contributed by atoms with Gasteiger partial charge in [0.15, 0.2) is 0 Å². The molecule has 0 spiro atoms. The predicted octanol–water partition coefficient (Wildman–Crippen LogP) is 5.59. The van der Waals surface area contributed by atoms with Gasteiger partial charge in [-0.15, -0.1) is 0 Å². The Morgan fingerprint density at radius 1 is 1.24 bits per heavy atom. The Bertz CT molecular complexity index is 971. The average Bonchev–Trinajstić information content (AvgIpc) is 3.20. The Kier molecular flexibility index (Phi) is 4.40. The van der Waals surface area contributed by atoms with Gasteiger partial charge in [0.25, 0.3) is 0 Å². The number of rotatable bonds is 3. The van der Waals surface area contributed by atoms with Crippen molar-refractivity contribution in [3.63, 3.8) is 0 Å². The standard InChI is InChI=1S/C18H14BrCl2N3O/c1-25-15-6-5-10(19)9-12(15)17-11-7-8-22-18(11)24(23-17)14-4-2-3-13(20)16(14)21/h2-6,9,22H,7-8H2,1H3. The van der Waals surface area contributed by atoms with Crippen LogP contribution in [0, 0.1) is 0 Å². The summed E-state index contributed by atoms with van der Waals surface area (Å²) >= 11 is 16.1. The normalized spacial score (nSPS) is 12.8. The van der Waals surface area contributed by atoms with E-state index in [1.165, 1.54) is 0 Å². The van der Waals surface area contributed by atoms with Crippen molar-refractivity contribution in [3.8, 4) is 22.7 Å². The summed E-state index contributed by atoms with van der Waals surface area (Å²) in [7, 11) is 1.66. The molecule has 4 nitrogen and oxygen atoms in total. The number of hydrogen-bond donors (Lipinski definition) is 1.